The van der Waals surface area contributed by atoms with E-state index >= 15 is 0 Å². The van der Waals surface area contributed by atoms with Gasteiger partial charge in [0.05, 0.1) is 17.0 Å². The van der Waals surface area contributed by atoms with Gasteiger partial charge in [-0.2, -0.15) is 13.2 Å². The van der Waals surface area contributed by atoms with Crippen LogP contribution in [0.25, 0.3) is 0 Å². The zero-order chi connectivity index (χ0) is 22.9. The van der Waals surface area contributed by atoms with Gasteiger partial charge in [-0.3, -0.25) is 14.9 Å². The average Bonchev–Trinajstić information content (AvgIpc) is 3.45. The summed E-state index contributed by atoms with van der Waals surface area (Å²) in [5.41, 5.74) is -0.985. The number of hydrogen-bond acceptors (Lipinski definition) is 5. The fraction of sp³-hybridized carbons (Fsp3) is 0.286. The summed E-state index contributed by atoms with van der Waals surface area (Å²) < 4.78 is 40.7. The summed E-state index contributed by atoms with van der Waals surface area (Å²) in [7, 11) is 0. The van der Waals surface area contributed by atoms with Crippen molar-refractivity contribution in [3.63, 3.8) is 0 Å². The molecule has 0 spiro atoms. The molecule has 32 heavy (non-hydrogen) atoms. The highest BCUT2D eigenvalue weighted by molar-refractivity contribution is 7.09. The molecule has 3 aromatic rings. The molecular weight excluding hydrogens is 445 g/mol. The minimum Gasteiger partial charge on any atom is -0.362 e. The van der Waals surface area contributed by atoms with Crippen LogP contribution in [-0.4, -0.2) is 46.5 Å². The monoisotopic (exact) mass is 464 g/mol. The van der Waals surface area contributed by atoms with Gasteiger partial charge in [0.1, 0.15) is 11.4 Å². The van der Waals surface area contributed by atoms with E-state index in [9.17, 15) is 28.1 Å². The highest BCUT2D eigenvalue weighted by atomic mass is 32.1. The number of anilines is 1. The zero-order valence-corrected chi connectivity index (χ0v) is 17.6. The van der Waals surface area contributed by atoms with E-state index in [1.165, 1.54) is 0 Å². The molecule has 1 saturated heterocycles. The fourth-order valence-corrected chi connectivity index (χ4v) is 4.45. The van der Waals surface area contributed by atoms with E-state index in [4.69, 9.17) is 0 Å². The molecule has 2 aromatic heterocycles. The van der Waals surface area contributed by atoms with Crippen LogP contribution in [0.4, 0.5) is 24.5 Å². The second kappa shape index (κ2) is 8.65. The predicted octanol–water partition coefficient (Wildman–Crippen LogP) is 4.49. The Morgan fingerprint density at radius 3 is 2.47 bits per heavy atom. The van der Waals surface area contributed by atoms with Gasteiger partial charge in [0, 0.05) is 43.3 Å². The van der Waals surface area contributed by atoms with E-state index in [2.05, 4.69) is 0 Å². The predicted molar refractivity (Wildman–Crippen MR) is 114 cm³/mol. The Hall–Kier alpha value is -3.34. The Bertz CT molecular complexity index is 1120. The molecule has 1 aliphatic heterocycles. The van der Waals surface area contributed by atoms with Gasteiger partial charge in [-0.25, -0.2) is 0 Å². The van der Waals surface area contributed by atoms with Crippen LogP contribution in [0.1, 0.15) is 20.9 Å². The molecule has 1 aromatic carbocycles. The molecule has 0 bridgehead atoms. The molecule has 0 unspecified atom stereocenters. The maximum Gasteiger partial charge on any atom is 0.416 e. The third-order valence-corrected chi connectivity index (χ3v) is 6.22. The number of halogens is 3. The number of carbonyl (C=O) groups excluding carboxylic acids is 1. The van der Waals surface area contributed by atoms with Crippen LogP contribution in [0.2, 0.25) is 0 Å². The lowest BCUT2D eigenvalue weighted by Gasteiger charge is -2.36. The summed E-state index contributed by atoms with van der Waals surface area (Å²) in [5, 5.41) is 13.4. The van der Waals surface area contributed by atoms with Gasteiger partial charge in [0.25, 0.3) is 11.6 Å². The van der Waals surface area contributed by atoms with E-state index in [-0.39, 0.29) is 24.7 Å². The number of aromatic nitrogens is 1. The van der Waals surface area contributed by atoms with E-state index < -0.39 is 22.4 Å². The molecule has 0 atom stereocenters. The first kappa shape index (κ1) is 21.9. The SMILES string of the molecule is O=C(c1cccn1Cc1cccs1)N1CCN(c2ccc(C(F)(F)F)cc2[N+](=O)[O-])CC1. The van der Waals surface area contributed by atoms with Crippen molar-refractivity contribution >= 4 is 28.6 Å². The molecule has 1 fully saturated rings. The molecule has 0 N–H and O–H groups in total. The van der Waals surface area contributed by atoms with Gasteiger partial charge >= 0.3 is 6.18 Å². The summed E-state index contributed by atoms with van der Waals surface area (Å²) in [4.78, 5) is 28.0. The first-order chi connectivity index (χ1) is 15.2. The Balaban J connectivity index is 1.47. The van der Waals surface area contributed by atoms with Gasteiger partial charge in [0.2, 0.25) is 0 Å². The fourth-order valence-electron chi connectivity index (χ4n) is 3.74. The number of nitro groups is 1. The number of carbonyl (C=O) groups is 1. The average molecular weight is 464 g/mol. The van der Waals surface area contributed by atoms with Crippen LogP contribution in [0.5, 0.6) is 0 Å². The number of thiophene rings is 1. The van der Waals surface area contributed by atoms with Gasteiger partial charge in [-0.05, 0) is 35.7 Å². The van der Waals surface area contributed by atoms with Crippen molar-refractivity contribution in [2.75, 3.05) is 31.1 Å². The largest absolute Gasteiger partial charge is 0.416 e. The highest BCUT2D eigenvalue weighted by Gasteiger charge is 2.34. The molecular formula is C21H19F3N4O3S. The Morgan fingerprint density at radius 1 is 1.09 bits per heavy atom. The molecule has 1 amide bonds. The third-order valence-electron chi connectivity index (χ3n) is 5.36. The molecule has 1 aliphatic rings. The lowest BCUT2D eigenvalue weighted by Crippen LogP contribution is -2.49. The van der Waals surface area contributed by atoms with Crippen molar-refractivity contribution in [3.8, 4) is 0 Å². The number of benzene rings is 1. The first-order valence-electron chi connectivity index (χ1n) is 9.81. The van der Waals surface area contributed by atoms with Crippen molar-refractivity contribution in [3.05, 3.63) is 80.3 Å². The second-order valence-corrected chi connectivity index (χ2v) is 8.37. The lowest BCUT2D eigenvalue weighted by molar-refractivity contribution is -0.384. The number of nitro benzene ring substituents is 1. The maximum atomic E-state index is 13.0. The van der Waals surface area contributed by atoms with E-state index in [0.29, 0.717) is 31.4 Å². The van der Waals surface area contributed by atoms with Crippen LogP contribution in [-0.2, 0) is 12.7 Å². The number of rotatable bonds is 5. The quantitative estimate of drug-likeness (QED) is 0.412. The maximum absolute atomic E-state index is 13.0. The van der Waals surface area contributed by atoms with E-state index in [1.807, 2.05) is 34.3 Å². The minimum atomic E-state index is -4.66. The normalized spacial score (nSPS) is 14.6. The topological polar surface area (TPSA) is 71.6 Å². The number of nitrogens with zero attached hydrogens (tertiary/aromatic N) is 4. The van der Waals surface area contributed by atoms with Crippen LogP contribution in [0.15, 0.2) is 54.0 Å². The first-order valence-corrected chi connectivity index (χ1v) is 10.7. The van der Waals surface area contributed by atoms with Gasteiger partial charge in [-0.1, -0.05) is 6.07 Å². The molecule has 168 valence electrons. The van der Waals surface area contributed by atoms with Crippen molar-refractivity contribution in [2.45, 2.75) is 12.7 Å². The van der Waals surface area contributed by atoms with Crippen LogP contribution in [0, 0.1) is 10.1 Å². The summed E-state index contributed by atoms with van der Waals surface area (Å²) in [6.45, 7) is 1.76. The van der Waals surface area contributed by atoms with E-state index in [0.717, 1.165) is 17.0 Å². The molecule has 11 heteroatoms. The zero-order valence-electron chi connectivity index (χ0n) is 16.8. The summed E-state index contributed by atoms with van der Waals surface area (Å²) >= 11 is 1.60. The molecule has 0 radical (unpaired) electrons. The van der Waals surface area contributed by atoms with Crippen LogP contribution in [0.3, 0.4) is 0 Å². The van der Waals surface area contributed by atoms with Crippen molar-refractivity contribution < 1.29 is 22.9 Å². The Labute approximate surface area is 185 Å². The van der Waals surface area contributed by atoms with Crippen LogP contribution >= 0.6 is 11.3 Å². The standard InChI is InChI=1S/C21H19F3N4O3S/c22-21(23,24)15-5-6-17(19(13-15)28(30)31)25-8-10-26(11-9-25)20(29)18-4-1-7-27(18)14-16-3-2-12-32-16/h1-7,12-13H,8-11,14H2. The smallest absolute Gasteiger partial charge is 0.362 e. The molecule has 4 rings (SSSR count). The summed E-state index contributed by atoms with van der Waals surface area (Å²) in [6.07, 6.45) is -2.82. The van der Waals surface area contributed by atoms with Gasteiger partial charge < -0.3 is 14.4 Å². The molecule has 0 aliphatic carbocycles. The highest BCUT2D eigenvalue weighted by Crippen LogP contribution is 2.36. The Morgan fingerprint density at radius 2 is 1.84 bits per heavy atom. The molecule has 0 saturated carbocycles. The minimum absolute atomic E-state index is 0.121. The second-order valence-electron chi connectivity index (χ2n) is 7.34. The number of amides is 1. The lowest BCUT2D eigenvalue weighted by atomic mass is 10.1. The van der Waals surface area contributed by atoms with E-state index in [1.54, 1.807) is 27.2 Å². The number of hydrogen-bond donors (Lipinski definition) is 0. The van der Waals surface area contributed by atoms with Crippen LogP contribution < -0.4 is 4.90 Å². The number of alkyl halides is 3. The third kappa shape index (κ3) is 4.47. The summed E-state index contributed by atoms with van der Waals surface area (Å²) in [6, 6.07) is 10.0. The Kier molecular flexibility index (Phi) is 5.92. The summed E-state index contributed by atoms with van der Waals surface area (Å²) in [5.74, 6) is -0.145. The van der Waals surface area contributed by atoms with Crippen molar-refractivity contribution in [2.24, 2.45) is 0 Å². The van der Waals surface area contributed by atoms with Crippen molar-refractivity contribution in [1.82, 2.24) is 9.47 Å². The molecule has 3 heterocycles. The number of piperazine rings is 1. The van der Waals surface area contributed by atoms with Crippen molar-refractivity contribution in [1.29, 1.82) is 0 Å². The molecule has 7 nitrogen and oxygen atoms in total. The van der Waals surface area contributed by atoms with Gasteiger partial charge in [0.15, 0.2) is 0 Å². The van der Waals surface area contributed by atoms with Gasteiger partial charge in [-0.15, -0.1) is 11.3 Å².